The van der Waals surface area contributed by atoms with Crippen LogP contribution in [0, 0.1) is 12.8 Å². The molecule has 0 spiro atoms. The van der Waals surface area contributed by atoms with Gasteiger partial charge >= 0.3 is 0 Å². The number of aryl methyl sites for hydroxylation is 1. The molecule has 1 fully saturated rings. The lowest BCUT2D eigenvalue weighted by Gasteiger charge is -2.16. The van der Waals surface area contributed by atoms with Gasteiger partial charge in [-0.15, -0.1) is 0 Å². The van der Waals surface area contributed by atoms with Gasteiger partial charge in [0.05, 0.1) is 0 Å². The minimum Gasteiger partial charge on any atom is -0.508 e. The van der Waals surface area contributed by atoms with Gasteiger partial charge in [-0.05, 0) is 37.0 Å². The fraction of sp³-hybridized carbons (Fsp3) is 0.462. The second-order valence-electron chi connectivity index (χ2n) is 4.65. The van der Waals surface area contributed by atoms with E-state index in [0.29, 0.717) is 11.5 Å². The van der Waals surface area contributed by atoms with Gasteiger partial charge in [-0.25, -0.2) is 0 Å². The molecule has 3 heteroatoms. The number of phenolic OH excluding ortho intramolecular Hbond substituents is 1. The number of phenols is 1. The van der Waals surface area contributed by atoms with E-state index in [2.05, 4.69) is 6.92 Å². The number of nitrogens with zero attached hydrogens (tertiary/aromatic N) is 1. The summed E-state index contributed by atoms with van der Waals surface area (Å²) in [6, 6.07) is 5.11. The van der Waals surface area contributed by atoms with Gasteiger partial charge in [-0.1, -0.05) is 13.0 Å². The molecule has 1 saturated heterocycles. The van der Waals surface area contributed by atoms with E-state index in [4.69, 9.17) is 0 Å². The van der Waals surface area contributed by atoms with Gasteiger partial charge in [0, 0.05) is 18.7 Å². The Morgan fingerprint density at radius 2 is 2.25 bits per heavy atom. The van der Waals surface area contributed by atoms with Crippen LogP contribution in [0.3, 0.4) is 0 Å². The van der Waals surface area contributed by atoms with Crippen LogP contribution in [0.1, 0.15) is 29.3 Å². The second kappa shape index (κ2) is 4.16. The number of amides is 1. The minimum atomic E-state index is 0.0275. The summed E-state index contributed by atoms with van der Waals surface area (Å²) >= 11 is 0. The summed E-state index contributed by atoms with van der Waals surface area (Å²) in [5.74, 6) is 0.806. The molecule has 86 valence electrons. The monoisotopic (exact) mass is 219 g/mol. The first-order valence-electron chi connectivity index (χ1n) is 5.67. The van der Waals surface area contributed by atoms with Crippen LogP contribution in [0.4, 0.5) is 0 Å². The Kier molecular flexibility index (Phi) is 2.86. The van der Waals surface area contributed by atoms with Gasteiger partial charge in [0.2, 0.25) is 0 Å². The highest BCUT2D eigenvalue weighted by Gasteiger charge is 2.24. The number of carbonyl (C=O) groups is 1. The summed E-state index contributed by atoms with van der Waals surface area (Å²) in [6.45, 7) is 5.63. The Labute approximate surface area is 95.7 Å². The van der Waals surface area contributed by atoms with E-state index in [1.807, 2.05) is 11.8 Å². The molecule has 1 N–H and O–H groups in total. The molecular weight excluding hydrogens is 202 g/mol. The normalized spacial score (nSPS) is 20.1. The van der Waals surface area contributed by atoms with E-state index in [1.165, 1.54) is 0 Å². The molecule has 0 radical (unpaired) electrons. The SMILES string of the molecule is Cc1ccc(C(=O)N2CCC(C)C2)cc1O. The largest absolute Gasteiger partial charge is 0.508 e. The molecule has 1 aromatic carbocycles. The van der Waals surface area contributed by atoms with Crippen molar-refractivity contribution in [3.05, 3.63) is 29.3 Å². The Morgan fingerprint density at radius 1 is 1.50 bits per heavy atom. The van der Waals surface area contributed by atoms with Crippen LogP contribution >= 0.6 is 0 Å². The van der Waals surface area contributed by atoms with Gasteiger partial charge in [0.25, 0.3) is 5.91 Å². The van der Waals surface area contributed by atoms with Crippen molar-refractivity contribution in [2.24, 2.45) is 5.92 Å². The first-order valence-corrected chi connectivity index (χ1v) is 5.67. The predicted molar refractivity (Wildman–Crippen MR) is 62.5 cm³/mol. The van der Waals surface area contributed by atoms with Crippen LogP contribution < -0.4 is 0 Å². The maximum absolute atomic E-state index is 12.1. The third-order valence-electron chi connectivity index (χ3n) is 3.17. The van der Waals surface area contributed by atoms with Crippen LogP contribution in [-0.2, 0) is 0 Å². The highest BCUT2D eigenvalue weighted by Crippen LogP contribution is 2.21. The Hall–Kier alpha value is -1.51. The summed E-state index contributed by atoms with van der Waals surface area (Å²) in [7, 11) is 0. The van der Waals surface area contributed by atoms with Crippen molar-refractivity contribution in [1.82, 2.24) is 4.90 Å². The van der Waals surface area contributed by atoms with Crippen molar-refractivity contribution in [1.29, 1.82) is 0 Å². The van der Waals surface area contributed by atoms with Crippen molar-refractivity contribution in [2.75, 3.05) is 13.1 Å². The Morgan fingerprint density at radius 3 is 2.81 bits per heavy atom. The summed E-state index contributed by atoms with van der Waals surface area (Å²) < 4.78 is 0. The van der Waals surface area contributed by atoms with E-state index >= 15 is 0 Å². The van der Waals surface area contributed by atoms with Gasteiger partial charge in [-0.2, -0.15) is 0 Å². The maximum atomic E-state index is 12.1. The number of benzene rings is 1. The van der Waals surface area contributed by atoms with Crippen LogP contribution in [0.2, 0.25) is 0 Å². The third kappa shape index (κ3) is 2.03. The second-order valence-corrected chi connectivity index (χ2v) is 4.65. The third-order valence-corrected chi connectivity index (χ3v) is 3.17. The molecule has 0 aromatic heterocycles. The predicted octanol–water partition coefficient (Wildman–Crippen LogP) is 2.18. The van der Waals surface area contributed by atoms with E-state index in [-0.39, 0.29) is 11.7 Å². The Bertz CT molecular complexity index is 414. The highest BCUT2D eigenvalue weighted by molar-refractivity contribution is 5.94. The summed E-state index contributed by atoms with van der Waals surface area (Å²) in [5, 5.41) is 9.57. The average Bonchev–Trinajstić information content (AvgIpc) is 2.68. The lowest BCUT2D eigenvalue weighted by atomic mass is 10.1. The molecule has 1 aromatic rings. The van der Waals surface area contributed by atoms with Gasteiger partial charge in [0.1, 0.15) is 5.75 Å². The van der Waals surface area contributed by atoms with E-state index < -0.39 is 0 Å². The van der Waals surface area contributed by atoms with Crippen molar-refractivity contribution < 1.29 is 9.90 Å². The fourth-order valence-corrected chi connectivity index (χ4v) is 2.04. The lowest BCUT2D eigenvalue weighted by Crippen LogP contribution is -2.28. The zero-order chi connectivity index (χ0) is 11.7. The van der Waals surface area contributed by atoms with Crippen LogP contribution in [0.15, 0.2) is 18.2 Å². The number of carbonyl (C=O) groups excluding carboxylic acids is 1. The molecule has 1 amide bonds. The molecule has 1 unspecified atom stereocenters. The van der Waals surface area contributed by atoms with Crippen molar-refractivity contribution in [3.8, 4) is 5.75 Å². The molecular formula is C13H17NO2. The first-order chi connectivity index (χ1) is 7.58. The van der Waals surface area contributed by atoms with Gasteiger partial charge in [-0.3, -0.25) is 4.79 Å². The smallest absolute Gasteiger partial charge is 0.253 e. The zero-order valence-corrected chi connectivity index (χ0v) is 9.73. The number of aromatic hydroxyl groups is 1. The number of rotatable bonds is 1. The maximum Gasteiger partial charge on any atom is 0.253 e. The van der Waals surface area contributed by atoms with E-state index in [0.717, 1.165) is 25.1 Å². The summed E-state index contributed by atoms with van der Waals surface area (Å²) in [5.41, 5.74) is 1.38. The van der Waals surface area contributed by atoms with Gasteiger partial charge < -0.3 is 10.0 Å². The van der Waals surface area contributed by atoms with Crippen molar-refractivity contribution >= 4 is 5.91 Å². The van der Waals surface area contributed by atoms with Gasteiger partial charge in [0.15, 0.2) is 0 Å². The molecule has 0 saturated carbocycles. The van der Waals surface area contributed by atoms with E-state index in [1.54, 1.807) is 18.2 Å². The molecule has 2 rings (SSSR count). The van der Waals surface area contributed by atoms with Crippen molar-refractivity contribution in [2.45, 2.75) is 20.3 Å². The molecule has 3 nitrogen and oxygen atoms in total. The van der Waals surface area contributed by atoms with Crippen LogP contribution in [-0.4, -0.2) is 29.0 Å². The average molecular weight is 219 g/mol. The molecule has 16 heavy (non-hydrogen) atoms. The molecule has 1 aliphatic heterocycles. The molecule has 1 heterocycles. The number of hydrogen-bond donors (Lipinski definition) is 1. The lowest BCUT2D eigenvalue weighted by molar-refractivity contribution is 0.0787. The minimum absolute atomic E-state index is 0.0275. The molecule has 1 aliphatic rings. The molecule has 1 atom stereocenters. The highest BCUT2D eigenvalue weighted by atomic mass is 16.3. The number of hydrogen-bond acceptors (Lipinski definition) is 2. The summed E-state index contributed by atoms with van der Waals surface area (Å²) in [4.78, 5) is 13.9. The van der Waals surface area contributed by atoms with E-state index in [9.17, 15) is 9.90 Å². The standard InChI is InChI=1S/C13H17NO2/c1-9-5-6-14(8-9)13(16)11-4-3-10(2)12(15)7-11/h3-4,7,9,15H,5-6,8H2,1-2H3. The molecule has 0 bridgehead atoms. The fourth-order valence-electron chi connectivity index (χ4n) is 2.04. The van der Waals surface area contributed by atoms with Crippen LogP contribution in [0.25, 0.3) is 0 Å². The zero-order valence-electron chi connectivity index (χ0n) is 9.73. The summed E-state index contributed by atoms with van der Waals surface area (Å²) in [6.07, 6.45) is 1.07. The first kappa shape index (κ1) is 11.0. The topological polar surface area (TPSA) is 40.5 Å². The van der Waals surface area contributed by atoms with Crippen molar-refractivity contribution in [3.63, 3.8) is 0 Å². The quantitative estimate of drug-likeness (QED) is 0.786. The Balaban J connectivity index is 2.18. The number of likely N-dealkylation sites (tertiary alicyclic amines) is 1. The van der Waals surface area contributed by atoms with Crippen LogP contribution in [0.5, 0.6) is 5.75 Å². The molecule has 0 aliphatic carbocycles.